The zero-order chi connectivity index (χ0) is 16.4. The smallest absolute Gasteiger partial charge is 0.262 e. The average molecular weight is 335 g/mol. The van der Waals surface area contributed by atoms with Crippen LogP contribution in [0.4, 0.5) is 5.69 Å². The Morgan fingerprint density at radius 3 is 2.52 bits per heavy atom. The Morgan fingerprint density at radius 1 is 1.04 bits per heavy atom. The molecule has 0 saturated heterocycles. The summed E-state index contributed by atoms with van der Waals surface area (Å²) in [5.41, 5.74) is 1.31. The van der Waals surface area contributed by atoms with Crippen molar-refractivity contribution in [2.75, 3.05) is 25.0 Å². The quantitative estimate of drug-likeness (QED) is 0.929. The van der Waals surface area contributed by atoms with Crippen LogP contribution in [-0.4, -0.2) is 28.7 Å². The summed E-state index contributed by atoms with van der Waals surface area (Å²) < 4.78 is 43.8. The van der Waals surface area contributed by atoms with Gasteiger partial charge in [0.1, 0.15) is 19.0 Å². The van der Waals surface area contributed by atoms with Crippen LogP contribution < -0.4 is 18.9 Å². The van der Waals surface area contributed by atoms with Gasteiger partial charge in [0.15, 0.2) is 11.5 Å². The molecule has 2 aromatic rings. The topological polar surface area (TPSA) is 73.9 Å². The van der Waals surface area contributed by atoms with Gasteiger partial charge in [-0.05, 0) is 36.8 Å². The maximum atomic E-state index is 12.6. The summed E-state index contributed by atoms with van der Waals surface area (Å²) in [6.45, 7) is 2.73. The summed E-state index contributed by atoms with van der Waals surface area (Å²) in [5, 5.41) is 0. The summed E-state index contributed by atoms with van der Waals surface area (Å²) in [4.78, 5) is 0.102. The molecule has 1 aliphatic rings. The summed E-state index contributed by atoms with van der Waals surface area (Å²) in [6.07, 6.45) is 0. The van der Waals surface area contributed by atoms with Crippen molar-refractivity contribution in [3.8, 4) is 17.2 Å². The number of ether oxygens (including phenoxy) is 3. The van der Waals surface area contributed by atoms with Crippen molar-refractivity contribution >= 4 is 15.7 Å². The molecule has 0 aromatic heterocycles. The number of aryl methyl sites for hydroxylation is 1. The second kappa shape index (κ2) is 6.00. The van der Waals surface area contributed by atoms with Gasteiger partial charge in [-0.2, -0.15) is 0 Å². The minimum atomic E-state index is -3.76. The lowest BCUT2D eigenvalue weighted by Crippen LogP contribution is -2.17. The van der Waals surface area contributed by atoms with Gasteiger partial charge in [0.25, 0.3) is 10.0 Å². The number of hydrogen-bond acceptors (Lipinski definition) is 5. The van der Waals surface area contributed by atoms with Crippen molar-refractivity contribution in [1.29, 1.82) is 0 Å². The Kier molecular flexibility index (Phi) is 4.04. The van der Waals surface area contributed by atoms with E-state index in [1.54, 1.807) is 18.2 Å². The predicted molar refractivity (Wildman–Crippen MR) is 86.0 cm³/mol. The molecule has 0 spiro atoms. The molecule has 7 heteroatoms. The number of fused-ring (bicyclic) bond motifs is 1. The van der Waals surface area contributed by atoms with Gasteiger partial charge < -0.3 is 14.2 Å². The van der Waals surface area contributed by atoms with Crippen LogP contribution in [0.3, 0.4) is 0 Å². The van der Waals surface area contributed by atoms with Crippen molar-refractivity contribution in [2.45, 2.75) is 11.8 Å². The molecule has 3 rings (SSSR count). The van der Waals surface area contributed by atoms with Crippen LogP contribution in [0.2, 0.25) is 0 Å². The van der Waals surface area contributed by atoms with Gasteiger partial charge in [0.2, 0.25) is 0 Å². The Morgan fingerprint density at radius 2 is 1.78 bits per heavy atom. The highest BCUT2D eigenvalue weighted by atomic mass is 32.2. The predicted octanol–water partition coefficient (Wildman–Crippen LogP) is 2.58. The molecule has 122 valence electrons. The standard InChI is InChI=1S/C16H17NO5S/c1-11-3-5-14(20-2)13(9-11)17-23(18,19)12-4-6-15-16(10-12)22-8-7-21-15/h3-6,9-10,17H,7-8H2,1-2H3. The van der Waals surface area contributed by atoms with E-state index in [1.807, 2.05) is 13.0 Å². The van der Waals surface area contributed by atoms with E-state index in [0.717, 1.165) is 5.56 Å². The van der Waals surface area contributed by atoms with Crippen molar-refractivity contribution < 1.29 is 22.6 Å². The molecule has 1 heterocycles. The van der Waals surface area contributed by atoms with Gasteiger partial charge in [0, 0.05) is 6.07 Å². The first-order valence-corrected chi connectivity index (χ1v) is 8.55. The third-order valence-electron chi connectivity index (χ3n) is 3.42. The Labute approximate surface area is 135 Å². The van der Waals surface area contributed by atoms with Crippen molar-refractivity contribution in [3.63, 3.8) is 0 Å². The number of methoxy groups -OCH3 is 1. The van der Waals surface area contributed by atoms with Gasteiger partial charge in [-0.3, -0.25) is 4.72 Å². The van der Waals surface area contributed by atoms with Crippen molar-refractivity contribution in [2.24, 2.45) is 0 Å². The van der Waals surface area contributed by atoms with Crippen LogP contribution >= 0.6 is 0 Å². The van der Waals surface area contributed by atoms with Gasteiger partial charge in [-0.15, -0.1) is 0 Å². The fraction of sp³-hybridized carbons (Fsp3) is 0.250. The monoisotopic (exact) mass is 335 g/mol. The molecule has 0 radical (unpaired) electrons. The summed E-state index contributed by atoms with van der Waals surface area (Å²) in [7, 11) is -2.27. The maximum Gasteiger partial charge on any atom is 0.262 e. The Balaban J connectivity index is 1.95. The first-order chi connectivity index (χ1) is 11.0. The lowest BCUT2D eigenvalue weighted by atomic mass is 10.2. The minimum absolute atomic E-state index is 0.102. The highest BCUT2D eigenvalue weighted by Gasteiger charge is 2.20. The number of anilines is 1. The normalized spacial score (nSPS) is 13.5. The van der Waals surface area contributed by atoms with Crippen LogP contribution in [0, 0.1) is 6.92 Å². The van der Waals surface area contributed by atoms with E-state index in [9.17, 15) is 8.42 Å². The summed E-state index contributed by atoms with van der Waals surface area (Å²) >= 11 is 0. The van der Waals surface area contributed by atoms with E-state index in [0.29, 0.717) is 36.1 Å². The molecule has 1 aliphatic heterocycles. The molecule has 6 nitrogen and oxygen atoms in total. The highest BCUT2D eigenvalue weighted by molar-refractivity contribution is 7.92. The zero-order valence-electron chi connectivity index (χ0n) is 12.8. The van der Waals surface area contributed by atoms with Crippen LogP contribution in [0.1, 0.15) is 5.56 Å². The van der Waals surface area contributed by atoms with E-state index in [2.05, 4.69) is 4.72 Å². The molecule has 1 N–H and O–H groups in total. The number of hydrogen-bond donors (Lipinski definition) is 1. The fourth-order valence-electron chi connectivity index (χ4n) is 2.30. The molecule has 0 unspecified atom stereocenters. The number of rotatable bonds is 4. The van der Waals surface area contributed by atoms with Crippen LogP contribution in [-0.2, 0) is 10.0 Å². The molecule has 2 aromatic carbocycles. The molecule has 0 bridgehead atoms. The van der Waals surface area contributed by atoms with Crippen LogP contribution in [0.5, 0.6) is 17.2 Å². The lowest BCUT2D eigenvalue weighted by Gasteiger charge is -2.19. The van der Waals surface area contributed by atoms with Crippen molar-refractivity contribution in [1.82, 2.24) is 0 Å². The van der Waals surface area contributed by atoms with Crippen LogP contribution in [0.15, 0.2) is 41.3 Å². The first-order valence-electron chi connectivity index (χ1n) is 7.07. The lowest BCUT2D eigenvalue weighted by molar-refractivity contribution is 0.171. The maximum absolute atomic E-state index is 12.6. The molecular weight excluding hydrogens is 318 g/mol. The molecule has 0 atom stereocenters. The molecular formula is C16H17NO5S. The SMILES string of the molecule is COc1ccc(C)cc1NS(=O)(=O)c1ccc2c(c1)OCCO2. The fourth-order valence-corrected chi connectivity index (χ4v) is 3.37. The van der Waals surface area contributed by atoms with Crippen molar-refractivity contribution in [3.05, 3.63) is 42.0 Å². The zero-order valence-corrected chi connectivity index (χ0v) is 13.6. The average Bonchev–Trinajstić information content (AvgIpc) is 2.54. The first kappa shape index (κ1) is 15.5. The molecule has 0 saturated carbocycles. The van der Waals surface area contributed by atoms with Gasteiger partial charge in [-0.1, -0.05) is 6.07 Å². The Hall–Kier alpha value is -2.41. The summed E-state index contributed by atoms with van der Waals surface area (Å²) in [6, 6.07) is 9.82. The molecule has 0 aliphatic carbocycles. The van der Waals surface area contributed by atoms with Crippen LogP contribution in [0.25, 0.3) is 0 Å². The third-order valence-corrected chi connectivity index (χ3v) is 4.79. The number of nitrogens with one attached hydrogen (secondary N) is 1. The second-order valence-corrected chi connectivity index (χ2v) is 6.80. The molecule has 0 amide bonds. The Bertz CT molecular complexity index is 832. The number of sulfonamides is 1. The van der Waals surface area contributed by atoms with E-state index < -0.39 is 10.0 Å². The van der Waals surface area contributed by atoms with Gasteiger partial charge in [0.05, 0.1) is 17.7 Å². The van der Waals surface area contributed by atoms with Gasteiger partial charge >= 0.3 is 0 Å². The largest absolute Gasteiger partial charge is 0.495 e. The molecule has 0 fully saturated rings. The van der Waals surface area contributed by atoms with E-state index in [1.165, 1.54) is 19.2 Å². The third kappa shape index (κ3) is 3.19. The van der Waals surface area contributed by atoms with E-state index >= 15 is 0 Å². The summed E-state index contributed by atoms with van der Waals surface area (Å²) in [5.74, 6) is 1.43. The van der Waals surface area contributed by atoms with E-state index in [4.69, 9.17) is 14.2 Å². The second-order valence-electron chi connectivity index (χ2n) is 5.11. The van der Waals surface area contributed by atoms with Gasteiger partial charge in [-0.25, -0.2) is 8.42 Å². The minimum Gasteiger partial charge on any atom is -0.495 e. The van der Waals surface area contributed by atoms with E-state index in [-0.39, 0.29) is 4.90 Å². The number of benzene rings is 2. The highest BCUT2D eigenvalue weighted by Crippen LogP contribution is 2.34. The molecule has 23 heavy (non-hydrogen) atoms.